The van der Waals surface area contributed by atoms with Crippen molar-refractivity contribution in [2.24, 2.45) is 0 Å². The van der Waals surface area contributed by atoms with Crippen LogP contribution in [0.4, 0.5) is 5.69 Å². The van der Waals surface area contributed by atoms with E-state index in [0.29, 0.717) is 13.1 Å². The van der Waals surface area contributed by atoms with Crippen molar-refractivity contribution in [3.05, 3.63) is 24.3 Å². The molecule has 128 valence electrons. The van der Waals surface area contributed by atoms with Crippen LogP contribution in [0.1, 0.15) is 0 Å². The summed E-state index contributed by atoms with van der Waals surface area (Å²) in [4.78, 5) is 15.9. The van der Waals surface area contributed by atoms with Crippen LogP contribution in [-0.4, -0.2) is 76.7 Å². The third-order valence-corrected chi connectivity index (χ3v) is 5.21. The van der Waals surface area contributed by atoms with Crippen LogP contribution in [0.25, 0.3) is 0 Å². The van der Waals surface area contributed by atoms with Gasteiger partial charge in [0.05, 0.1) is 13.4 Å². The maximum Gasteiger partial charge on any atom is 0.242 e. The van der Waals surface area contributed by atoms with Crippen molar-refractivity contribution >= 4 is 21.6 Å². The molecule has 0 saturated carbocycles. The summed E-state index contributed by atoms with van der Waals surface area (Å²) in [5.41, 5.74) is 0.940. The van der Waals surface area contributed by atoms with E-state index >= 15 is 0 Å². The number of hydrogen-bond donors (Lipinski definition) is 0. The van der Waals surface area contributed by atoms with Crippen LogP contribution in [0.2, 0.25) is 0 Å². The Kier molecular flexibility index (Phi) is 5.16. The molecule has 0 bridgehead atoms. The van der Waals surface area contributed by atoms with Gasteiger partial charge in [-0.1, -0.05) is 0 Å². The fourth-order valence-electron chi connectivity index (χ4n) is 2.69. The molecule has 2 rings (SSSR count). The fraction of sp³-hybridized carbons (Fsp3) is 0.533. The quantitative estimate of drug-likeness (QED) is 0.784. The molecule has 1 aromatic rings. The molecule has 1 aromatic carbocycles. The number of benzene rings is 1. The maximum atomic E-state index is 12.4. The molecule has 0 unspecified atom stereocenters. The smallest absolute Gasteiger partial charge is 0.242 e. The molecule has 1 atom stereocenters. The van der Waals surface area contributed by atoms with Crippen LogP contribution in [0.5, 0.6) is 5.75 Å². The van der Waals surface area contributed by atoms with Crippen LogP contribution < -0.4 is 9.64 Å². The number of carbonyl (C=O) groups is 1. The lowest BCUT2D eigenvalue weighted by Gasteiger charge is -2.41. The zero-order valence-corrected chi connectivity index (χ0v) is 14.7. The highest BCUT2D eigenvalue weighted by Gasteiger charge is 2.38. The van der Waals surface area contributed by atoms with E-state index in [1.54, 1.807) is 21.2 Å². The summed E-state index contributed by atoms with van der Waals surface area (Å²) in [6.45, 7) is 1.15. The van der Waals surface area contributed by atoms with E-state index in [9.17, 15) is 13.2 Å². The Morgan fingerprint density at radius 2 is 1.83 bits per heavy atom. The second-order valence-electron chi connectivity index (χ2n) is 5.77. The van der Waals surface area contributed by atoms with Gasteiger partial charge in [-0.2, -0.15) is 4.31 Å². The number of carbonyl (C=O) groups excluding carboxylic acids is 1. The molecule has 23 heavy (non-hydrogen) atoms. The number of nitrogens with zero attached hydrogens (tertiary/aromatic N) is 3. The number of methoxy groups -OCH3 is 1. The van der Waals surface area contributed by atoms with Crippen molar-refractivity contribution in [3.63, 3.8) is 0 Å². The van der Waals surface area contributed by atoms with Crippen LogP contribution in [0, 0.1) is 0 Å². The van der Waals surface area contributed by atoms with Crippen molar-refractivity contribution in [2.45, 2.75) is 6.04 Å². The Morgan fingerprint density at radius 3 is 2.30 bits per heavy atom. The molecule has 1 aliphatic heterocycles. The molecule has 0 aromatic heterocycles. The molecule has 0 spiro atoms. The number of likely N-dealkylation sites (N-methyl/N-ethyl adjacent to an activating group) is 1. The summed E-state index contributed by atoms with van der Waals surface area (Å²) in [5, 5.41) is 0. The first-order valence-corrected chi connectivity index (χ1v) is 9.16. The summed E-state index contributed by atoms with van der Waals surface area (Å²) in [5.74, 6) is 0.540. The van der Waals surface area contributed by atoms with Gasteiger partial charge in [-0.25, -0.2) is 8.42 Å². The van der Waals surface area contributed by atoms with Crippen molar-refractivity contribution < 1.29 is 17.9 Å². The van der Waals surface area contributed by atoms with E-state index in [4.69, 9.17) is 4.74 Å². The van der Waals surface area contributed by atoms with Gasteiger partial charge in [0.1, 0.15) is 11.8 Å². The van der Waals surface area contributed by atoms with E-state index in [0.717, 1.165) is 17.7 Å². The van der Waals surface area contributed by atoms with Crippen LogP contribution in [0.3, 0.4) is 0 Å². The first-order valence-electron chi connectivity index (χ1n) is 7.31. The van der Waals surface area contributed by atoms with Crippen LogP contribution in [0.15, 0.2) is 24.3 Å². The number of sulfonamides is 1. The SMILES string of the molecule is COc1ccc(N2CCN(S(C)(=O)=O)[C@H](C(=O)N(C)C)C2)cc1. The molecule has 0 N–H and O–H groups in total. The number of ether oxygens (including phenoxy) is 1. The maximum absolute atomic E-state index is 12.4. The lowest BCUT2D eigenvalue weighted by Crippen LogP contribution is -2.60. The second-order valence-corrected chi connectivity index (χ2v) is 7.70. The largest absolute Gasteiger partial charge is 0.497 e. The number of hydrogen-bond acceptors (Lipinski definition) is 5. The Bertz CT molecular complexity index is 658. The van der Waals surface area contributed by atoms with E-state index in [1.165, 1.54) is 9.21 Å². The van der Waals surface area contributed by atoms with Crippen LogP contribution >= 0.6 is 0 Å². The highest BCUT2D eigenvalue weighted by atomic mass is 32.2. The van der Waals surface area contributed by atoms with Crippen molar-refractivity contribution in [1.29, 1.82) is 0 Å². The number of anilines is 1. The summed E-state index contributed by atoms with van der Waals surface area (Å²) in [7, 11) is 1.44. The Balaban J connectivity index is 2.25. The van der Waals surface area contributed by atoms with Crippen LogP contribution in [-0.2, 0) is 14.8 Å². The zero-order chi connectivity index (χ0) is 17.2. The number of rotatable bonds is 4. The standard InChI is InChI=1S/C15H23N3O4S/c1-16(2)15(19)14-11-17(9-10-18(14)23(4,20)21)12-5-7-13(22-3)8-6-12/h5-8,14H,9-11H2,1-4H3/t14-/m0/s1. The minimum Gasteiger partial charge on any atom is -0.497 e. The average Bonchev–Trinajstić information content (AvgIpc) is 2.52. The third-order valence-electron chi connectivity index (χ3n) is 3.92. The summed E-state index contributed by atoms with van der Waals surface area (Å²) >= 11 is 0. The molecular formula is C15H23N3O4S. The number of amides is 1. The summed E-state index contributed by atoms with van der Waals surface area (Å²) in [6, 6.07) is 6.80. The van der Waals surface area contributed by atoms with Gasteiger partial charge in [0, 0.05) is 39.4 Å². The van der Waals surface area contributed by atoms with Crippen molar-refractivity contribution in [3.8, 4) is 5.75 Å². The molecule has 1 aliphatic rings. The van der Waals surface area contributed by atoms with Gasteiger partial charge in [0.15, 0.2) is 0 Å². The van der Waals surface area contributed by atoms with E-state index in [1.807, 2.05) is 29.2 Å². The first kappa shape index (κ1) is 17.6. The van der Waals surface area contributed by atoms with E-state index in [2.05, 4.69) is 0 Å². The predicted octanol–water partition coefficient (Wildman–Crippen LogP) is 0.234. The Labute approximate surface area is 137 Å². The monoisotopic (exact) mass is 341 g/mol. The minimum atomic E-state index is -3.43. The lowest BCUT2D eigenvalue weighted by atomic mass is 10.1. The predicted molar refractivity (Wildman–Crippen MR) is 89.2 cm³/mol. The molecule has 1 amide bonds. The van der Waals surface area contributed by atoms with Gasteiger partial charge in [-0.3, -0.25) is 4.79 Å². The van der Waals surface area contributed by atoms with Gasteiger partial charge in [0.25, 0.3) is 0 Å². The summed E-state index contributed by atoms with van der Waals surface area (Å²) in [6.07, 6.45) is 1.14. The first-order chi connectivity index (χ1) is 10.7. The lowest BCUT2D eigenvalue weighted by molar-refractivity contribution is -0.132. The second kappa shape index (κ2) is 6.76. The highest BCUT2D eigenvalue weighted by molar-refractivity contribution is 7.88. The van der Waals surface area contributed by atoms with Gasteiger partial charge in [0.2, 0.25) is 15.9 Å². The molecule has 0 aliphatic carbocycles. The molecule has 8 heteroatoms. The van der Waals surface area contributed by atoms with E-state index in [-0.39, 0.29) is 12.5 Å². The average molecular weight is 341 g/mol. The van der Waals surface area contributed by atoms with Gasteiger partial charge < -0.3 is 14.5 Å². The summed E-state index contributed by atoms with van der Waals surface area (Å²) < 4.78 is 30.4. The Hall–Kier alpha value is -1.80. The molecule has 1 heterocycles. The van der Waals surface area contributed by atoms with Crippen molar-refractivity contribution in [1.82, 2.24) is 9.21 Å². The molecule has 1 fully saturated rings. The Morgan fingerprint density at radius 1 is 1.22 bits per heavy atom. The highest BCUT2D eigenvalue weighted by Crippen LogP contribution is 2.24. The van der Waals surface area contributed by atoms with Gasteiger partial charge in [-0.15, -0.1) is 0 Å². The minimum absolute atomic E-state index is 0.214. The molecule has 1 saturated heterocycles. The molecule has 0 radical (unpaired) electrons. The molecular weight excluding hydrogens is 318 g/mol. The van der Waals surface area contributed by atoms with E-state index < -0.39 is 16.1 Å². The fourth-order valence-corrected chi connectivity index (χ4v) is 3.72. The zero-order valence-electron chi connectivity index (χ0n) is 13.9. The normalized spacial score (nSPS) is 19.5. The third kappa shape index (κ3) is 3.94. The number of piperazine rings is 1. The van der Waals surface area contributed by atoms with Crippen molar-refractivity contribution in [2.75, 3.05) is 52.0 Å². The van der Waals surface area contributed by atoms with Gasteiger partial charge >= 0.3 is 0 Å². The van der Waals surface area contributed by atoms with Gasteiger partial charge in [-0.05, 0) is 24.3 Å². The topological polar surface area (TPSA) is 70.2 Å². The molecule has 7 nitrogen and oxygen atoms in total.